The average molecular weight is 384 g/mol. The van der Waals surface area contributed by atoms with Crippen LogP contribution < -0.4 is 4.90 Å². The molecular formula is C21H21FN2O4. The van der Waals surface area contributed by atoms with Crippen molar-refractivity contribution in [3.05, 3.63) is 65.5 Å². The van der Waals surface area contributed by atoms with E-state index in [2.05, 4.69) is 4.74 Å². The van der Waals surface area contributed by atoms with Gasteiger partial charge in [0.25, 0.3) is 0 Å². The van der Waals surface area contributed by atoms with E-state index in [1.165, 1.54) is 29.0 Å². The third-order valence-corrected chi connectivity index (χ3v) is 4.79. The van der Waals surface area contributed by atoms with Crippen molar-refractivity contribution in [2.24, 2.45) is 5.92 Å². The van der Waals surface area contributed by atoms with Gasteiger partial charge in [-0.1, -0.05) is 24.3 Å². The Balaban J connectivity index is 1.64. The molecule has 2 aromatic carbocycles. The second-order valence-corrected chi connectivity index (χ2v) is 6.74. The highest BCUT2D eigenvalue weighted by Gasteiger charge is 2.37. The summed E-state index contributed by atoms with van der Waals surface area (Å²) in [5.74, 6) is -1.87. The Morgan fingerprint density at radius 3 is 2.50 bits per heavy atom. The van der Waals surface area contributed by atoms with Gasteiger partial charge in [0.15, 0.2) is 0 Å². The first-order valence-corrected chi connectivity index (χ1v) is 8.88. The van der Waals surface area contributed by atoms with E-state index in [0.717, 1.165) is 5.56 Å². The van der Waals surface area contributed by atoms with Crippen molar-refractivity contribution in [2.75, 3.05) is 25.6 Å². The summed E-state index contributed by atoms with van der Waals surface area (Å²) < 4.78 is 18.6. The van der Waals surface area contributed by atoms with Gasteiger partial charge in [0.05, 0.1) is 24.3 Å². The molecular weight excluding hydrogens is 363 g/mol. The molecule has 3 rings (SSSR count). The minimum Gasteiger partial charge on any atom is -0.465 e. The summed E-state index contributed by atoms with van der Waals surface area (Å²) in [5.41, 5.74) is 1.48. The van der Waals surface area contributed by atoms with Crippen molar-refractivity contribution in [1.82, 2.24) is 4.90 Å². The second kappa shape index (κ2) is 8.21. The molecule has 6 nitrogen and oxygen atoms in total. The van der Waals surface area contributed by atoms with E-state index >= 15 is 0 Å². The molecule has 2 aromatic rings. The predicted molar refractivity (Wildman–Crippen MR) is 101 cm³/mol. The predicted octanol–water partition coefficient (Wildman–Crippen LogP) is 2.62. The molecule has 1 heterocycles. The summed E-state index contributed by atoms with van der Waals surface area (Å²) in [5, 5.41) is 0. The Bertz CT molecular complexity index is 898. The molecule has 0 aliphatic carbocycles. The molecule has 0 bridgehead atoms. The lowest BCUT2D eigenvalue weighted by molar-refractivity contribution is -0.135. The summed E-state index contributed by atoms with van der Waals surface area (Å²) in [4.78, 5) is 39.4. The lowest BCUT2D eigenvalue weighted by atomic mass is 10.1. The fraction of sp³-hybridized carbons (Fsp3) is 0.286. The fourth-order valence-electron chi connectivity index (χ4n) is 3.30. The number of nitrogens with zero attached hydrogens (tertiary/aromatic N) is 2. The highest BCUT2D eigenvalue weighted by atomic mass is 19.1. The van der Waals surface area contributed by atoms with Crippen molar-refractivity contribution in [3.8, 4) is 0 Å². The van der Waals surface area contributed by atoms with Crippen LogP contribution in [0.2, 0.25) is 0 Å². The Morgan fingerprint density at radius 2 is 1.86 bits per heavy atom. The molecule has 1 atom stereocenters. The molecule has 0 radical (unpaired) electrons. The van der Waals surface area contributed by atoms with Crippen LogP contribution >= 0.6 is 0 Å². The normalized spacial score (nSPS) is 16.2. The van der Waals surface area contributed by atoms with Crippen molar-refractivity contribution < 1.29 is 23.5 Å². The minimum atomic E-state index is -0.522. The highest BCUT2D eigenvalue weighted by Crippen LogP contribution is 2.28. The number of hydrogen-bond acceptors (Lipinski definition) is 4. The number of methoxy groups -OCH3 is 1. The summed E-state index contributed by atoms with van der Waals surface area (Å²) in [6, 6.07) is 12.8. The van der Waals surface area contributed by atoms with Crippen LogP contribution in [0.1, 0.15) is 22.3 Å². The molecule has 146 valence electrons. The second-order valence-electron chi connectivity index (χ2n) is 6.74. The third-order valence-electron chi connectivity index (χ3n) is 4.79. The molecule has 1 aliphatic rings. The topological polar surface area (TPSA) is 66.9 Å². The van der Waals surface area contributed by atoms with Gasteiger partial charge in [-0.25, -0.2) is 9.18 Å². The summed E-state index contributed by atoms with van der Waals surface area (Å²) >= 11 is 0. The zero-order chi connectivity index (χ0) is 20.3. The van der Waals surface area contributed by atoms with E-state index in [1.54, 1.807) is 43.4 Å². The van der Waals surface area contributed by atoms with Crippen molar-refractivity contribution in [2.45, 2.75) is 13.0 Å². The quantitative estimate of drug-likeness (QED) is 0.744. The van der Waals surface area contributed by atoms with Crippen molar-refractivity contribution >= 4 is 23.5 Å². The first-order valence-electron chi connectivity index (χ1n) is 8.88. The molecule has 1 saturated heterocycles. The zero-order valence-electron chi connectivity index (χ0n) is 15.7. The number of halogens is 1. The number of hydrogen-bond donors (Lipinski definition) is 0. The monoisotopic (exact) mass is 384 g/mol. The molecule has 0 unspecified atom stereocenters. The van der Waals surface area contributed by atoms with Crippen LogP contribution in [0.25, 0.3) is 0 Å². The van der Waals surface area contributed by atoms with Gasteiger partial charge in [-0.05, 0) is 29.8 Å². The van der Waals surface area contributed by atoms with Gasteiger partial charge in [0.2, 0.25) is 11.8 Å². The van der Waals surface area contributed by atoms with Gasteiger partial charge < -0.3 is 14.5 Å². The van der Waals surface area contributed by atoms with Gasteiger partial charge >= 0.3 is 5.97 Å². The Morgan fingerprint density at radius 1 is 1.18 bits per heavy atom. The SMILES string of the molecule is COC(=O)c1ccc(CN(C)C(=O)[C@H]2CC(=O)N(c3ccccc3F)C2)cc1. The minimum absolute atomic E-state index is 0.0544. The zero-order valence-corrected chi connectivity index (χ0v) is 15.7. The van der Waals surface area contributed by atoms with Crippen LogP contribution in [0.15, 0.2) is 48.5 Å². The Labute approximate surface area is 162 Å². The van der Waals surface area contributed by atoms with E-state index < -0.39 is 17.7 Å². The first kappa shape index (κ1) is 19.5. The molecule has 0 aromatic heterocycles. The third kappa shape index (κ3) is 4.03. The number of para-hydroxylation sites is 1. The van der Waals surface area contributed by atoms with E-state index in [0.29, 0.717) is 12.1 Å². The molecule has 0 N–H and O–H groups in total. The van der Waals surface area contributed by atoms with E-state index in [4.69, 9.17) is 0 Å². The van der Waals surface area contributed by atoms with Crippen LogP contribution in [0.5, 0.6) is 0 Å². The van der Waals surface area contributed by atoms with Gasteiger partial charge in [-0.15, -0.1) is 0 Å². The lowest BCUT2D eigenvalue weighted by Crippen LogP contribution is -2.34. The number of rotatable bonds is 5. The number of esters is 1. The number of carbonyl (C=O) groups excluding carboxylic acids is 3. The Hall–Kier alpha value is -3.22. The molecule has 0 spiro atoms. The van der Waals surface area contributed by atoms with Crippen LogP contribution in [0.3, 0.4) is 0 Å². The van der Waals surface area contributed by atoms with Crippen LogP contribution in [-0.4, -0.2) is 43.4 Å². The molecule has 0 saturated carbocycles. The highest BCUT2D eigenvalue weighted by molar-refractivity contribution is 6.00. The molecule has 1 fully saturated rings. The molecule has 2 amide bonds. The average Bonchev–Trinajstić information content (AvgIpc) is 3.09. The van der Waals surface area contributed by atoms with Gasteiger partial charge in [0.1, 0.15) is 5.82 Å². The summed E-state index contributed by atoms with van der Waals surface area (Å²) in [6.07, 6.45) is 0.0544. The smallest absolute Gasteiger partial charge is 0.337 e. The molecule has 28 heavy (non-hydrogen) atoms. The maximum atomic E-state index is 14.0. The van der Waals surface area contributed by atoms with Gasteiger partial charge in [-0.3, -0.25) is 9.59 Å². The van der Waals surface area contributed by atoms with E-state index in [9.17, 15) is 18.8 Å². The van der Waals surface area contributed by atoms with Gasteiger partial charge in [0, 0.05) is 26.6 Å². The number of carbonyl (C=O) groups is 3. The van der Waals surface area contributed by atoms with Crippen LogP contribution in [-0.2, 0) is 20.9 Å². The summed E-state index contributed by atoms with van der Waals surface area (Å²) in [7, 11) is 2.98. The van der Waals surface area contributed by atoms with Crippen molar-refractivity contribution in [3.63, 3.8) is 0 Å². The number of amides is 2. The van der Waals surface area contributed by atoms with Crippen LogP contribution in [0.4, 0.5) is 10.1 Å². The van der Waals surface area contributed by atoms with Gasteiger partial charge in [-0.2, -0.15) is 0 Å². The van der Waals surface area contributed by atoms with Crippen LogP contribution in [0, 0.1) is 11.7 Å². The number of anilines is 1. The van der Waals surface area contributed by atoms with E-state index in [-0.39, 0.29) is 30.5 Å². The maximum absolute atomic E-state index is 14.0. The van der Waals surface area contributed by atoms with Crippen molar-refractivity contribution in [1.29, 1.82) is 0 Å². The standard InChI is InChI=1S/C21H21FN2O4/c1-23(12-14-7-9-15(10-8-14)21(27)28-2)20(26)16-11-19(25)24(13-16)18-6-4-3-5-17(18)22/h3-10,16H,11-13H2,1-2H3/t16-/m0/s1. The molecule has 1 aliphatic heterocycles. The number of benzene rings is 2. The lowest BCUT2D eigenvalue weighted by Gasteiger charge is -2.22. The first-order chi connectivity index (χ1) is 13.4. The maximum Gasteiger partial charge on any atom is 0.337 e. The summed E-state index contributed by atoms with van der Waals surface area (Å²) in [6.45, 7) is 0.495. The largest absolute Gasteiger partial charge is 0.465 e. The molecule has 7 heteroatoms. The Kier molecular flexibility index (Phi) is 5.73. The fourth-order valence-corrected chi connectivity index (χ4v) is 3.30. The number of ether oxygens (including phenoxy) is 1. The van der Waals surface area contributed by atoms with E-state index in [1.807, 2.05) is 0 Å².